The first-order valence-electron chi connectivity index (χ1n) is 11.1. The molecule has 0 bridgehead atoms. The van der Waals surface area contributed by atoms with Gasteiger partial charge in [0.15, 0.2) is 11.7 Å². The minimum Gasteiger partial charge on any atom is -0.497 e. The van der Waals surface area contributed by atoms with Crippen molar-refractivity contribution in [2.75, 3.05) is 32.1 Å². The van der Waals surface area contributed by atoms with Crippen LogP contribution in [0.25, 0.3) is 11.3 Å². The molecular weight excluding hydrogens is 526 g/mol. The maximum atomic E-state index is 12.9. The Balaban J connectivity index is 1.37. The zero-order valence-electron chi connectivity index (χ0n) is 19.4. The number of methoxy groups -OCH3 is 1. The summed E-state index contributed by atoms with van der Waals surface area (Å²) in [6, 6.07) is 11.2. The van der Waals surface area contributed by atoms with E-state index in [1.54, 1.807) is 12.5 Å². The lowest BCUT2D eigenvalue weighted by Gasteiger charge is -2.26. The molecule has 0 spiro atoms. The van der Waals surface area contributed by atoms with Gasteiger partial charge in [-0.3, -0.25) is 10.1 Å². The number of esters is 1. The molecule has 0 unspecified atom stereocenters. The maximum Gasteiger partial charge on any atom is 0.340 e. The van der Waals surface area contributed by atoms with Crippen molar-refractivity contribution in [3.8, 4) is 17.0 Å². The number of sulfonamides is 1. The summed E-state index contributed by atoms with van der Waals surface area (Å²) in [7, 11) is -2.17. The normalized spacial score (nSPS) is 14.3. The first-order valence-corrected chi connectivity index (χ1v) is 13.8. The molecule has 4 rings (SSSR count). The van der Waals surface area contributed by atoms with Gasteiger partial charge in [0.05, 0.1) is 28.3 Å². The highest BCUT2D eigenvalue weighted by Gasteiger charge is 2.27. The fourth-order valence-corrected chi connectivity index (χ4v) is 6.14. The van der Waals surface area contributed by atoms with Crippen LogP contribution in [0, 0.1) is 0 Å². The lowest BCUT2D eigenvalue weighted by Crippen LogP contribution is -2.35. The summed E-state index contributed by atoms with van der Waals surface area (Å²) in [5.41, 5.74) is 1.40. The van der Waals surface area contributed by atoms with Gasteiger partial charge in [-0.05, 0) is 55.3 Å². The summed E-state index contributed by atoms with van der Waals surface area (Å²) in [5.74, 6) is -0.768. The highest BCUT2D eigenvalue weighted by Crippen LogP contribution is 2.27. The SMILES string of the molecule is COc1ccc(-c2csc(NC(=O)COC(=O)c3cc(S(=O)(=O)N4CCCCC4)ccc3Cl)n2)cc1. The number of hydrogen-bond donors (Lipinski definition) is 1. The van der Waals surface area contributed by atoms with Gasteiger partial charge in [-0.15, -0.1) is 11.3 Å². The van der Waals surface area contributed by atoms with Crippen LogP contribution in [0.4, 0.5) is 5.13 Å². The van der Waals surface area contributed by atoms with Crippen LogP contribution in [0.1, 0.15) is 29.6 Å². The maximum absolute atomic E-state index is 12.9. The number of halogens is 1. The zero-order valence-corrected chi connectivity index (χ0v) is 21.8. The van der Waals surface area contributed by atoms with Gasteiger partial charge in [-0.25, -0.2) is 18.2 Å². The summed E-state index contributed by atoms with van der Waals surface area (Å²) in [4.78, 5) is 29.3. The standard InChI is InChI=1S/C24H24ClN3O6S2/c1-33-17-7-5-16(6-8-17)21-15-35-24(26-21)27-22(29)14-34-23(30)19-13-18(9-10-20(19)25)36(31,32)28-11-3-2-4-12-28/h5-10,13,15H,2-4,11-12,14H2,1H3,(H,26,27,29). The molecule has 1 aliphatic heterocycles. The summed E-state index contributed by atoms with van der Waals surface area (Å²) in [6.07, 6.45) is 2.56. The first-order chi connectivity index (χ1) is 17.3. The van der Waals surface area contributed by atoms with Crippen LogP contribution in [0.15, 0.2) is 52.7 Å². The molecule has 1 amide bonds. The summed E-state index contributed by atoms with van der Waals surface area (Å²) in [5, 5.41) is 4.75. The average molecular weight is 550 g/mol. The third-order valence-electron chi connectivity index (χ3n) is 5.58. The zero-order chi connectivity index (χ0) is 25.7. The number of aromatic nitrogens is 1. The largest absolute Gasteiger partial charge is 0.497 e. The number of rotatable bonds is 8. The van der Waals surface area contributed by atoms with Crippen molar-refractivity contribution in [3.63, 3.8) is 0 Å². The van der Waals surface area contributed by atoms with Gasteiger partial charge in [-0.1, -0.05) is 18.0 Å². The molecule has 0 saturated carbocycles. The van der Waals surface area contributed by atoms with Crippen LogP contribution in [-0.2, 0) is 19.6 Å². The van der Waals surface area contributed by atoms with Crippen molar-refractivity contribution >= 4 is 50.0 Å². The predicted octanol–water partition coefficient (Wildman–Crippen LogP) is 4.44. The van der Waals surface area contributed by atoms with Crippen LogP contribution < -0.4 is 10.1 Å². The monoisotopic (exact) mass is 549 g/mol. The van der Waals surface area contributed by atoms with Crippen molar-refractivity contribution in [1.29, 1.82) is 0 Å². The number of amides is 1. The number of nitrogens with zero attached hydrogens (tertiary/aromatic N) is 2. The molecule has 0 atom stereocenters. The smallest absolute Gasteiger partial charge is 0.340 e. The predicted molar refractivity (Wildman–Crippen MR) is 137 cm³/mol. The molecule has 2 aromatic carbocycles. The van der Waals surface area contributed by atoms with Crippen LogP contribution in [0.2, 0.25) is 5.02 Å². The molecular formula is C24H24ClN3O6S2. The lowest BCUT2D eigenvalue weighted by atomic mass is 10.2. The van der Waals surface area contributed by atoms with Crippen LogP contribution >= 0.6 is 22.9 Å². The van der Waals surface area contributed by atoms with Crippen molar-refractivity contribution in [2.45, 2.75) is 24.2 Å². The van der Waals surface area contributed by atoms with Crippen LogP contribution in [0.3, 0.4) is 0 Å². The van der Waals surface area contributed by atoms with Gasteiger partial charge in [0.2, 0.25) is 10.0 Å². The number of benzene rings is 2. The van der Waals surface area contributed by atoms with E-state index in [1.807, 2.05) is 24.3 Å². The van der Waals surface area contributed by atoms with E-state index in [4.69, 9.17) is 21.1 Å². The second-order valence-electron chi connectivity index (χ2n) is 8.00. The molecule has 36 heavy (non-hydrogen) atoms. The van der Waals surface area contributed by atoms with E-state index >= 15 is 0 Å². The Bertz CT molecular complexity index is 1350. The summed E-state index contributed by atoms with van der Waals surface area (Å²) >= 11 is 7.35. The Morgan fingerprint density at radius 3 is 2.53 bits per heavy atom. The molecule has 1 aliphatic rings. The molecule has 1 N–H and O–H groups in total. The van der Waals surface area contributed by atoms with Gasteiger partial charge in [0.25, 0.3) is 5.91 Å². The van der Waals surface area contributed by atoms with Gasteiger partial charge in [0, 0.05) is 24.0 Å². The van der Waals surface area contributed by atoms with Crippen molar-refractivity contribution in [3.05, 3.63) is 58.4 Å². The van der Waals surface area contributed by atoms with Gasteiger partial charge >= 0.3 is 5.97 Å². The van der Waals surface area contributed by atoms with Crippen molar-refractivity contribution in [1.82, 2.24) is 9.29 Å². The topological polar surface area (TPSA) is 115 Å². The Labute approximate surface area is 218 Å². The Morgan fingerprint density at radius 1 is 1.11 bits per heavy atom. The molecule has 1 saturated heterocycles. The second kappa shape index (κ2) is 11.4. The summed E-state index contributed by atoms with van der Waals surface area (Å²) in [6.45, 7) is 0.277. The average Bonchev–Trinajstić information content (AvgIpc) is 3.36. The molecule has 9 nitrogen and oxygen atoms in total. The third kappa shape index (κ3) is 6.04. The van der Waals surface area contributed by atoms with E-state index in [9.17, 15) is 18.0 Å². The molecule has 0 radical (unpaired) electrons. The number of anilines is 1. The number of ether oxygens (including phenoxy) is 2. The fourth-order valence-electron chi connectivity index (χ4n) is 3.67. The highest BCUT2D eigenvalue weighted by molar-refractivity contribution is 7.89. The molecule has 0 aliphatic carbocycles. The number of nitrogens with one attached hydrogen (secondary N) is 1. The lowest BCUT2D eigenvalue weighted by molar-refractivity contribution is -0.119. The van der Waals surface area contributed by atoms with Crippen molar-refractivity contribution < 1.29 is 27.5 Å². The quantitative estimate of drug-likeness (QED) is 0.413. The van der Waals surface area contributed by atoms with E-state index in [0.29, 0.717) is 23.9 Å². The van der Waals surface area contributed by atoms with Gasteiger partial charge in [0.1, 0.15) is 5.75 Å². The van der Waals surface area contributed by atoms with Crippen LogP contribution in [-0.4, -0.2) is 56.4 Å². The van der Waals surface area contributed by atoms with Crippen LogP contribution in [0.5, 0.6) is 5.75 Å². The van der Waals surface area contributed by atoms with Gasteiger partial charge < -0.3 is 9.47 Å². The number of hydrogen-bond acceptors (Lipinski definition) is 8. The Hall–Kier alpha value is -2.99. The number of thiazole rings is 1. The highest BCUT2D eigenvalue weighted by atomic mass is 35.5. The fraction of sp³-hybridized carbons (Fsp3) is 0.292. The number of carbonyl (C=O) groups excluding carboxylic acids is 2. The third-order valence-corrected chi connectivity index (χ3v) is 8.56. The van der Waals surface area contributed by atoms with E-state index < -0.39 is 28.5 Å². The summed E-state index contributed by atoms with van der Waals surface area (Å²) < 4.78 is 37.5. The first kappa shape index (κ1) is 26.1. The molecule has 3 aromatic rings. The molecule has 12 heteroatoms. The molecule has 1 aromatic heterocycles. The minimum absolute atomic E-state index is 0.0297. The van der Waals surface area contributed by atoms with E-state index in [0.717, 1.165) is 30.6 Å². The minimum atomic E-state index is -3.76. The number of carbonyl (C=O) groups is 2. The Morgan fingerprint density at radius 2 is 1.83 bits per heavy atom. The Kier molecular flexibility index (Phi) is 8.24. The van der Waals surface area contributed by atoms with E-state index in [-0.39, 0.29) is 15.5 Å². The van der Waals surface area contributed by atoms with Crippen molar-refractivity contribution in [2.24, 2.45) is 0 Å². The number of piperidine rings is 1. The molecule has 2 heterocycles. The van der Waals surface area contributed by atoms with E-state index in [2.05, 4.69) is 10.3 Å². The van der Waals surface area contributed by atoms with Gasteiger partial charge in [-0.2, -0.15) is 4.31 Å². The van der Waals surface area contributed by atoms with E-state index in [1.165, 1.54) is 33.8 Å². The molecule has 1 fully saturated rings. The molecule has 190 valence electrons. The second-order valence-corrected chi connectivity index (χ2v) is 11.2.